The fraction of sp³-hybridized carbons (Fsp3) is 0.133. The predicted molar refractivity (Wildman–Crippen MR) is 77.3 cm³/mol. The van der Waals surface area contributed by atoms with E-state index in [1.54, 1.807) is 30.5 Å². The Morgan fingerprint density at radius 1 is 1.00 bits per heavy atom. The van der Waals surface area contributed by atoms with Crippen molar-refractivity contribution < 1.29 is 9.59 Å². The summed E-state index contributed by atoms with van der Waals surface area (Å²) < 4.78 is 0. The fourth-order valence-electron chi connectivity index (χ4n) is 1.64. The second-order valence-electron chi connectivity index (χ2n) is 4.20. The van der Waals surface area contributed by atoms with Crippen LogP contribution in [0.1, 0.15) is 12.5 Å². The van der Waals surface area contributed by atoms with Crippen LogP contribution in [0.5, 0.6) is 0 Å². The molecule has 5 nitrogen and oxygen atoms in total. The van der Waals surface area contributed by atoms with Gasteiger partial charge in [-0.3, -0.25) is 14.6 Å². The predicted octanol–water partition coefficient (Wildman–Crippen LogP) is 2.22. The summed E-state index contributed by atoms with van der Waals surface area (Å²) in [4.78, 5) is 27.3. The Morgan fingerprint density at radius 3 is 2.20 bits per heavy atom. The second-order valence-corrected chi connectivity index (χ2v) is 4.20. The standard InChI is InChI=1S/C15H15N3O2/c1-2-11-5-7-12(8-6-11)17-14(19)15(20)18-13-4-3-9-16-10-13/h3-10H,2H2,1H3,(H,17,19)(H,18,20). The van der Waals surface area contributed by atoms with Crippen LogP contribution in [-0.2, 0) is 16.0 Å². The van der Waals surface area contributed by atoms with Crippen LogP contribution < -0.4 is 10.6 Å². The van der Waals surface area contributed by atoms with E-state index in [9.17, 15) is 9.59 Å². The van der Waals surface area contributed by atoms with Crippen LogP contribution in [0.15, 0.2) is 48.8 Å². The minimum absolute atomic E-state index is 0.481. The molecule has 2 rings (SSSR count). The molecule has 0 unspecified atom stereocenters. The van der Waals surface area contributed by atoms with E-state index in [2.05, 4.69) is 22.5 Å². The summed E-state index contributed by atoms with van der Waals surface area (Å²) in [5, 5.41) is 5.01. The molecule has 0 aliphatic rings. The van der Waals surface area contributed by atoms with Crippen molar-refractivity contribution in [1.29, 1.82) is 0 Å². The molecule has 1 aromatic heterocycles. The first-order chi connectivity index (χ1) is 9.69. The molecule has 5 heteroatoms. The lowest BCUT2D eigenvalue weighted by molar-refractivity contribution is -0.133. The van der Waals surface area contributed by atoms with Crippen LogP contribution >= 0.6 is 0 Å². The van der Waals surface area contributed by atoms with Crippen LogP contribution in [-0.4, -0.2) is 16.8 Å². The van der Waals surface area contributed by atoms with Crippen molar-refractivity contribution in [2.24, 2.45) is 0 Å². The average Bonchev–Trinajstić information content (AvgIpc) is 2.49. The largest absolute Gasteiger partial charge is 0.318 e. The molecule has 0 saturated carbocycles. The monoisotopic (exact) mass is 269 g/mol. The zero-order valence-electron chi connectivity index (χ0n) is 11.1. The molecule has 1 heterocycles. The van der Waals surface area contributed by atoms with Crippen molar-refractivity contribution in [3.8, 4) is 0 Å². The van der Waals surface area contributed by atoms with Gasteiger partial charge in [0.25, 0.3) is 0 Å². The van der Waals surface area contributed by atoms with E-state index in [1.165, 1.54) is 11.8 Å². The Labute approximate surface area is 117 Å². The third kappa shape index (κ3) is 3.65. The molecular formula is C15H15N3O2. The Bertz CT molecular complexity index is 594. The highest BCUT2D eigenvalue weighted by Gasteiger charge is 2.13. The lowest BCUT2D eigenvalue weighted by Crippen LogP contribution is -2.29. The van der Waals surface area contributed by atoms with Gasteiger partial charge in [-0.2, -0.15) is 0 Å². The molecule has 2 N–H and O–H groups in total. The van der Waals surface area contributed by atoms with Crippen molar-refractivity contribution in [3.63, 3.8) is 0 Å². The summed E-state index contributed by atoms with van der Waals surface area (Å²) in [6.45, 7) is 2.05. The molecule has 0 saturated heterocycles. The molecule has 0 radical (unpaired) electrons. The van der Waals surface area contributed by atoms with Gasteiger partial charge in [-0.15, -0.1) is 0 Å². The van der Waals surface area contributed by atoms with Gasteiger partial charge in [-0.05, 0) is 36.2 Å². The van der Waals surface area contributed by atoms with Crippen molar-refractivity contribution in [2.75, 3.05) is 10.6 Å². The summed E-state index contributed by atoms with van der Waals surface area (Å²) >= 11 is 0. The maximum Gasteiger partial charge on any atom is 0.314 e. The normalized spacial score (nSPS) is 9.85. The lowest BCUT2D eigenvalue weighted by Gasteiger charge is -2.06. The van der Waals surface area contributed by atoms with Gasteiger partial charge in [-0.1, -0.05) is 19.1 Å². The molecule has 0 fully saturated rings. The number of hydrogen-bond acceptors (Lipinski definition) is 3. The number of pyridine rings is 1. The summed E-state index contributed by atoms with van der Waals surface area (Å²) in [6, 6.07) is 10.7. The first kappa shape index (κ1) is 13.7. The van der Waals surface area contributed by atoms with E-state index in [-0.39, 0.29) is 0 Å². The van der Waals surface area contributed by atoms with Crippen LogP contribution in [0.2, 0.25) is 0 Å². The third-order valence-electron chi connectivity index (χ3n) is 2.75. The van der Waals surface area contributed by atoms with E-state index in [4.69, 9.17) is 0 Å². The number of carbonyl (C=O) groups excluding carboxylic acids is 2. The van der Waals surface area contributed by atoms with Crippen LogP contribution in [0, 0.1) is 0 Å². The average molecular weight is 269 g/mol. The second kappa shape index (κ2) is 6.47. The Balaban J connectivity index is 1.95. The van der Waals surface area contributed by atoms with E-state index in [0.717, 1.165) is 6.42 Å². The van der Waals surface area contributed by atoms with Gasteiger partial charge in [0, 0.05) is 11.9 Å². The first-order valence-electron chi connectivity index (χ1n) is 6.30. The maximum absolute atomic E-state index is 11.7. The zero-order valence-corrected chi connectivity index (χ0v) is 11.1. The molecule has 20 heavy (non-hydrogen) atoms. The molecule has 102 valence electrons. The third-order valence-corrected chi connectivity index (χ3v) is 2.75. The highest BCUT2D eigenvalue weighted by molar-refractivity contribution is 6.43. The molecule has 0 atom stereocenters. The van der Waals surface area contributed by atoms with Crippen LogP contribution in [0.3, 0.4) is 0 Å². The molecule has 2 amide bonds. The Kier molecular flexibility index (Phi) is 4.44. The van der Waals surface area contributed by atoms with Crippen LogP contribution in [0.25, 0.3) is 0 Å². The van der Waals surface area contributed by atoms with Crippen molar-refractivity contribution in [2.45, 2.75) is 13.3 Å². The van der Waals surface area contributed by atoms with Gasteiger partial charge in [0.2, 0.25) is 0 Å². The highest BCUT2D eigenvalue weighted by atomic mass is 16.2. The number of anilines is 2. The maximum atomic E-state index is 11.7. The lowest BCUT2D eigenvalue weighted by atomic mass is 10.1. The van der Waals surface area contributed by atoms with Gasteiger partial charge >= 0.3 is 11.8 Å². The number of nitrogens with zero attached hydrogens (tertiary/aromatic N) is 1. The number of rotatable bonds is 3. The van der Waals surface area contributed by atoms with Crippen LogP contribution in [0.4, 0.5) is 11.4 Å². The SMILES string of the molecule is CCc1ccc(NC(=O)C(=O)Nc2cccnc2)cc1. The summed E-state index contributed by atoms with van der Waals surface area (Å²) in [5.74, 6) is -1.43. The molecule has 0 aliphatic carbocycles. The van der Waals surface area contributed by atoms with Gasteiger partial charge in [0.05, 0.1) is 11.9 Å². The van der Waals surface area contributed by atoms with Gasteiger partial charge in [-0.25, -0.2) is 0 Å². The number of aryl methyl sites for hydroxylation is 1. The molecule has 2 aromatic rings. The van der Waals surface area contributed by atoms with Gasteiger partial charge < -0.3 is 10.6 Å². The highest BCUT2D eigenvalue weighted by Crippen LogP contribution is 2.10. The first-order valence-corrected chi connectivity index (χ1v) is 6.30. The Hall–Kier alpha value is -2.69. The minimum atomic E-state index is -0.724. The summed E-state index contributed by atoms with van der Waals surface area (Å²) in [7, 11) is 0. The van der Waals surface area contributed by atoms with E-state index in [0.29, 0.717) is 11.4 Å². The molecule has 1 aromatic carbocycles. The topological polar surface area (TPSA) is 71.1 Å². The van der Waals surface area contributed by atoms with Crippen molar-refractivity contribution >= 4 is 23.2 Å². The molecule has 0 aliphatic heterocycles. The van der Waals surface area contributed by atoms with E-state index in [1.807, 2.05) is 12.1 Å². The quantitative estimate of drug-likeness (QED) is 0.839. The van der Waals surface area contributed by atoms with E-state index < -0.39 is 11.8 Å². The number of benzene rings is 1. The Morgan fingerprint density at radius 2 is 1.65 bits per heavy atom. The van der Waals surface area contributed by atoms with Crippen molar-refractivity contribution in [3.05, 3.63) is 54.4 Å². The van der Waals surface area contributed by atoms with Crippen molar-refractivity contribution in [1.82, 2.24) is 4.98 Å². The summed E-state index contributed by atoms with van der Waals surface area (Å²) in [5.41, 5.74) is 2.24. The van der Waals surface area contributed by atoms with Gasteiger partial charge in [0.1, 0.15) is 0 Å². The molecule has 0 spiro atoms. The number of amides is 2. The minimum Gasteiger partial charge on any atom is -0.318 e. The smallest absolute Gasteiger partial charge is 0.314 e. The fourth-order valence-corrected chi connectivity index (χ4v) is 1.64. The molecule has 0 bridgehead atoms. The molecular weight excluding hydrogens is 254 g/mol. The number of aromatic nitrogens is 1. The number of nitrogens with one attached hydrogen (secondary N) is 2. The number of hydrogen-bond donors (Lipinski definition) is 2. The van der Waals surface area contributed by atoms with E-state index >= 15 is 0 Å². The van der Waals surface area contributed by atoms with Gasteiger partial charge in [0.15, 0.2) is 0 Å². The number of carbonyl (C=O) groups is 2. The zero-order chi connectivity index (χ0) is 14.4. The summed E-state index contributed by atoms with van der Waals surface area (Å²) in [6.07, 6.45) is 3.99.